The van der Waals surface area contributed by atoms with Gasteiger partial charge in [0.1, 0.15) is 4.21 Å². The number of benzene rings is 2. The fourth-order valence-corrected chi connectivity index (χ4v) is 6.81. The SMILES string of the molecule is Cc1c(S(=O)(=O)Nc2ccc(CC(=O)O)cc2S(C)(=O)=O)sc2ccc(Cl)cc12. The minimum atomic E-state index is -4.09. The van der Waals surface area contributed by atoms with E-state index in [0.717, 1.165) is 22.3 Å². The topological polar surface area (TPSA) is 118 Å². The monoisotopic (exact) mass is 473 g/mol. The van der Waals surface area contributed by atoms with Crippen LogP contribution in [0.4, 0.5) is 5.69 Å². The molecule has 3 rings (SSSR count). The van der Waals surface area contributed by atoms with Gasteiger partial charge in [-0.1, -0.05) is 17.7 Å². The molecule has 1 heterocycles. The lowest BCUT2D eigenvalue weighted by Gasteiger charge is -2.12. The number of sulfonamides is 1. The number of halogens is 1. The van der Waals surface area contributed by atoms with Gasteiger partial charge in [0.05, 0.1) is 17.0 Å². The Morgan fingerprint density at radius 3 is 2.45 bits per heavy atom. The molecule has 0 aliphatic heterocycles. The van der Waals surface area contributed by atoms with Crippen molar-refractivity contribution in [2.45, 2.75) is 22.4 Å². The first-order valence-electron chi connectivity index (χ1n) is 8.15. The van der Waals surface area contributed by atoms with Gasteiger partial charge in [0, 0.05) is 16.0 Å². The highest BCUT2D eigenvalue weighted by Crippen LogP contribution is 2.37. The van der Waals surface area contributed by atoms with Crippen molar-refractivity contribution in [1.82, 2.24) is 0 Å². The zero-order valence-corrected chi connectivity index (χ0v) is 18.5. The van der Waals surface area contributed by atoms with Crippen molar-refractivity contribution in [3.63, 3.8) is 0 Å². The fraction of sp³-hybridized carbons (Fsp3) is 0.167. The first kappa shape index (κ1) is 21.6. The Balaban J connectivity index is 2.09. The van der Waals surface area contributed by atoms with Crippen molar-refractivity contribution in [2.24, 2.45) is 0 Å². The lowest BCUT2D eigenvalue weighted by atomic mass is 10.1. The van der Waals surface area contributed by atoms with Gasteiger partial charge in [-0.3, -0.25) is 9.52 Å². The third-order valence-corrected chi connectivity index (χ3v) is 8.77. The average molecular weight is 474 g/mol. The van der Waals surface area contributed by atoms with Crippen LogP contribution < -0.4 is 4.72 Å². The summed E-state index contributed by atoms with van der Waals surface area (Å²) in [4.78, 5) is 10.6. The van der Waals surface area contributed by atoms with Gasteiger partial charge in [0.2, 0.25) is 0 Å². The second-order valence-corrected chi connectivity index (χ2v) is 11.8. The Kier molecular flexibility index (Phi) is 5.65. The summed E-state index contributed by atoms with van der Waals surface area (Å²) in [6.07, 6.45) is 0.545. The highest BCUT2D eigenvalue weighted by molar-refractivity contribution is 7.95. The lowest BCUT2D eigenvalue weighted by molar-refractivity contribution is -0.136. The van der Waals surface area contributed by atoms with Crippen molar-refractivity contribution in [2.75, 3.05) is 11.0 Å². The molecule has 154 valence electrons. The van der Waals surface area contributed by atoms with Gasteiger partial charge < -0.3 is 5.11 Å². The van der Waals surface area contributed by atoms with Crippen LogP contribution in [0.5, 0.6) is 0 Å². The van der Waals surface area contributed by atoms with E-state index < -0.39 is 25.8 Å². The third kappa shape index (κ3) is 4.55. The van der Waals surface area contributed by atoms with Crippen LogP contribution in [-0.2, 0) is 31.1 Å². The maximum Gasteiger partial charge on any atom is 0.307 e. The maximum absolute atomic E-state index is 13.0. The van der Waals surface area contributed by atoms with Gasteiger partial charge >= 0.3 is 5.97 Å². The van der Waals surface area contributed by atoms with E-state index >= 15 is 0 Å². The van der Waals surface area contributed by atoms with E-state index in [4.69, 9.17) is 16.7 Å². The molecule has 2 aromatic carbocycles. The molecule has 0 saturated heterocycles. The van der Waals surface area contributed by atoms with Gasteiger partial charge in [-0.05, 0) is 53.8 Å². The summed E-state index contributed by atoms with van der Waals surface area (Å²) in [5.41, 5.74) is 0.605. The third-order valence-electron chi connectivity index (χ3n) is 4.14. The fourth-order valence-electron chi connectivity index (χ4n) is 2.86. The molecule has 0 fully saturated rings. The number of anilines is 1. The molecule has 7 nitrogen and oxygen atoms in total. The molecule has 3 aromatic rings. The highest BCUT2D eigenvalue weighted by Gasteiger charge is 2.25. The summed E-state index contributed by atoms with van der Waals surface area (Å²) >= 11 is 7.04. The van der Waals surface area contributed by atoms with E-state index in [9.17, 15) is 21.6 Å². The predicted molar refractivity (Wildman–Crippen MR) is 113 cm³/mol. The molecular formula is C18H16ClNO6S3. The summed E-state index contributed by atoms with van der Waals surface area (Å²) in [5.74, 6) is -1.13. The molecule has 0 radical (unpaired) electrons. The van der Waals surface area contributed by atoms with Crippen molar-refractivity contribution in [1.29, 1.82) is 0 Å². The van der Waals surface area contributed by atoms with Crippen molar-refractivity contribution in [3.8, 4) is 0 Å². The number of carbonyl (C=O) groups is 1. The zero-order valence-electron chi connectivity index (χ0n) is 15.3. The highest BCUT2D eigenvalue weighted by atomic mass is 35.5. The van der Waals surface area contributed by atoms with Crippen LogP contribution in [0, 0.1) is 6.92 Å². The molecule has 0 saturated carbocycles. The number of aryl methyl sites for hydroxylation is 1. The van der Waals surface area contributed by atoms with E-state index in [0.29, 0.717) is 16.0 Å². The average Bonchev–Trinajstić information content (AvgIpc) is 2.92. The number of rotatable bonds is 6. The summed E-state index contributed by atoms with van der Waals surface area (Å²) in [6.45, 7) is 1.65. The van der Waals surface area contributed by atoms with Gasteiger partial charge in [-0.15, -0.1) is 11.3 Å². The maximum atomic E-state index is 13.0. The molecule has 0 atom stereocenters. The van der Waals surface area contributed by atoms with Crippen molar-refractivity contribution in [3.05, 3.63) is 52.5 Å². The number of hydrogen-bond donors (Lipinski definition) is 2. The van der Waals surface area contributed by atoms with Crippen LogP contribution in [0.2, 0.25) is 5.02 Å². The molecule has 1 aromatic heterocycles. The molecular weight excluding hydrogens is 458 g/mol. The standard InChI is InChI=1S/C18H16ClNO6S3/c1-10-13-9-12(19)4-6-15(13)27-18(10)29(25,26)20-14-5-3-11(8-17(21)22)7-16(14)28(2,23)24/h3-7,9,20H,8H2,1-2H3,(H,21,22). The number of sulfone groups is 1. The largest absolute Gasteiger partial charge is 0.481 e. The second-order valence-electron chi connectivity index (χ2n) is 6.43. The molecule has 0 aliphatic carbocycles. The number of thiophene rings is 1. The van der Waals surface area contributed by atoms with Crippen molar-refractivity contribution >= 4 is 64.5 Å². The summed E-state index contributed by atoms with van der Waals surface area (Å²) in [7, 11) is -7.91. The lowest BCUT2D eigenvalue weighted by Crippen LogP contribution is -2.15. The first-order valence-corrected chi connectivity index (χ1v) is 12.7. The van der Waals surface area contributed by atoms with Crippen LogP contribution in [0.3, 0.4) is 0 Å². The van der Waals surface area contributed by atoms with E-state index in [1.54, 1.807) is 25.1 Å². The van der Waals surface area contributed by atoms with E-state index in [-0.39, 0.29) is 26.8 Å². The van der Waals surface area contributed by atoms with Gasteiger partial charge in [0.25, 0.3) is 10.0 Å². The zero-order chi connectivity index (χ0) is 21.6. The summed E-state index contributed by atoms with van der Waals surface area (Å²) in [5, 5.41) is 10.1. The normalized spacial score (nSPS) is 12.2. The molecule has 2 N–H and O–H groups in total. The minimum Gasteiger partial charge on any atom is -0.481 e. The Bertz CT molecular complexity index is 1340. The Morgan fingerprint density at radius 1 is 1.14 bits per heavy atom. The Morgan fingerprint density at radius 2 is 1.83 bits per heavy atom. The number of carboxylic acids is 1. The number of fused-ring (bicyclic) bond motifs is 1. The molecule has 29 heavy (non-hydrogen) atoms. The number of aliphatic carboxylic acids is 1. The molecule has 0 aliphatic rings. The molecule has 11 heteroatoms. The van der Waals surface area contributed by atoms with Crippen LogP contribution >= 0.6 is 22.9 Å². The molecule has 0 amide bonds. The smallest absolute Gasteiger partial charge is 0.307 e. The van der Waals surface area contributed by atoms with E-state index in [1.165, 1.54) is 18.2 Å². The number of nitrogens with one attached hydrogen (secondary N) is 1. The van der Waals surface area contributed by atoms with Gasteiger partial charge in [0.15, 0.2) is 9.84 Å². The quantitative estimate of drug-likeness (QED) is 0.563. The molecule has 0 unspecified atom stereocenters. The summed E-state index contributed by atoms with van der Waals surface area (Å²) in [6, 6.07) is 8.84. The molecule has 0 spiro atoms. The van der Waals surface area contributed by atoms with Crippen LogP contribution in [0.1, 0.15) is 11.1 Å². The predicted octanol–water partition coefficient (Wildman–Crippen LogP) is 3.69. The van der Waals surface area contributed by atoms with Crippen LogP contribution in [0.25, 0.3) is 10.1 Å². The van der Waals surface area contributed by atoms with E-state index in [2.05, 4.69) is 4.72 Å². The van der Waals surface area contributed by atoms with Crippen LogP contribution in [-0.4, -0.2) is 34.2 Å². The Hall–Kier alpha value is -2.14. The summed E-state index contributed by atoms with van der Waals surface area (Å²) < 4.78 is 53.4. The second kappa shape index (κ2) is 7.60. The van der Waals surface area contributed by atoms with Gasteiger partial charge in [-0.25, -0.2) is 16.8 Å². The molecule has 0 bridgehead atoms. The minimum absolute atomic E-state index is 0.0452. The number of hydrogen-bond acceptors (Lipinski definition) is 6. The van der Waals surface area contributed by atoms with Crippen LogP contribution in [0.15, 0.2) is 45.5 Å². The van der Waals surface area contributed by atoms with E-state index in [1.807, 2.05) is 0 Å². The Labute approximate surface area is 176 Å². The van der Waals surface area contributed by atoms with Gasteiger partial charge in [-0.2, -0.15) is 0 Å². The van der Waals surface area contributed by atoms with Crippen molar-refractivity contribution < 1.29 is 26.7 Å². The first-order chi connectivity index (χ1) is 13.4. The number of carboxylic acid groups (broad SMARTS) is 1.